The van der Waals surface area contributed by atoms with E-state index in [2.05, 4.69) is 11.1 Å². The van der Waals surface area contributed by atoms with Gasteiger partial charge in [-0.25, -0.2) is 0 Å². The average Bonchev–Trinajstić information content (AvgIpc) is 2.84. The Morgan fingerprint density at radius 2 is 2.17 bits per heavy atom. The number of benzene rings is 1. The van der Waals surface area contributed by atoms with E-state index in [-0.39, 0.29) is 11.9 Å². The minimum Gasteiger partial charge on any atom is -0.460 e. The molecule has 0 bridgehead atoms. The quantitative estimate of drug-likeness (QED) is 0.788. The molecule has 0 amide bonds. The standard InChI is InChI=1S/C19H23N3O2/c1-18(2,3)24-17(23)12-8-14-13-7-11(10-20)5-6-15(13)22-16(14)19(4,21)9-12/h5-7,12,22H,8-9,21H2,1-4H3. The van der Waals surface area contributed by atoms with Crippen LogP contribution in [0.1, 0.15) is 50.9 Å². The van der Waals surface area contributed by atoms with Crippen molar-refractivity contribution in [2.45, 2.75) is 51.7 Å². The molecule has 1 aromatic carbocycles. The first-order valence-corrected chi connectivity index (χ1v) is 8.17. The normalized spacial score (nSPS) is 23.6. The summed E-state index contributed by atoms with van der Waals surface area (Å²) < 4.78 is 5.56. The molecular formula is C19H23N3O2. The van der Waals surface area contributed by atoms with Crippen LogP contribution in [0.25, 0.3) is 10.9 Å². The van der Waals surface area contributed by atoms with Gasteiger partial charge in [-0.2, -0.15) is 5.26 Å². The Labute approximate surface area is 141 Å². The summed E-state index contributed by atoms with van der Waals surface area (Å²) in [7, 11) is 0. The van der Waals surface area contributed by atoms with Crippen LogP contribution in [-0.2, 0) is 21.5 Å². The number of carbonyl (C=O) groups excluding carboxylic acids is 1. The molecule has 24 heavy (non-hydrogen) atoms. The minimum atomic E-state index is -0.638. The molecule has 2 aromatic rings. The van der Waals surface area contributed by atoms with E-state index in [1.54, 1.807) is 6.07 Å². The fourth-order valence-electron chi connectivity index (χ4n) is 3.50. The summed E-state index contributed by atoms with van der Waals surface area (Å²) in [6, 6.07) is 7.70. The van der Waals surface area contributed by atoms with Crippen LogP contribution in [-0.4, -0.2) is 16.6 Å². The van der Waals surface area contributed by atoms with Gasteiger partial charge in [0.25, 0.3) is 0 Å². The lowest BCUT2D eigenvalue weighted by atomic mass is 9.76. The van der Waals surface area contributed by atoms with E-state index in [1.807, 2.05) is 39.8 Å². The highest BCUT2D eigenvalue weighted by Gasteiger charge is 2.40. The maximum Gasteiger partial charge on any atom is 0.309 e. The summed E-state index contributed by atoms with van der Waals surface area (Å²) in [6.07, 6.45) is 1.11. The fraction of sp³-hybridized carbons (Fsp3) is 0.474. The van der Waals surface area contributed by atoms with E-state index in [4.69, 9.17) is 15.7 Å². The van der Waals surface area contributed by atoms with Crippen LogP contribution >= 0.6 is 0 Å². The molecule has 126 valence electrons. The van der Waals surface area contributed by atoms with E-state index in [0.717, 1.165) is 22.2 Å². The third kappa shape index (κ3) is 2.90. The van der Waals surface area contributed by atoms with Crippen LogP contribution in [0.2, 0.25) is 0 Å². The van der Waals surface area contributed by atoms with Crippen molar-refractivity contribution in [2.75, 3.05) is 0 Å². The third-order valence-electron chi connectivity index (χ3n) is 4.47. The number of esters is 1. The van der Waals surface area contributed by atoms with Crippen molar-refractivity contribution in [3.8, 4) is 6.07 Å². The number of hydrogen-bond acceptors (Lipinski definition) is 4. The number of aromatic amines is 1. The van der Waals surface area contributed by atoms with Gasteiger partial charge in [0, 0.05) is 16.6 Å². The first-order chi connectivity index (χ1) is 11.1. The second kappa shape index (κ2) is 5.35. The van der Waals surface area contributed by atoms with Crippen molar-refractivity contribution < 1.29 is 9.53 Å². The van der Waals surface area contributed by atoms with E-state index in [0.29, 0.717) is 18.4 Å². The number of aromatic nitrogens is 1. The van der Waals surface area contributed by atoms with Crippen LogP contribution < -0.4 is 5.73 Å². The smallest absolute Gasteiger partial charge is 0.309 e. The molecule has 2 unspecified atom stereocenters. The van der Waals surface area contributed by atoms with Gasteiger partial charge in [0.1, 0.15) is 5.60 Å². The number of nitrogens with two attached hydrogens (primary N) is 1. The van der Waals surface area contributed by atoms with Crippen LogP contribution in [0.3, 0.4) is 0 Å². The lowest BCUT2D eigenvalue weighted by molar-refractivity contribution is -0.161. The Kier molecular flexibility index (Phi) is 3.69. The van der Waals surface area contributed by atoms with Crippen molar-refractivity contribution in [1.82, 2.24) is 4.98 Å². The second-order valence-corrected chi connectivity index (χ2v) is 7.91. The lowest BCUT2D eigenvalue weighted by Gasteiger charge is -2.35. The molecule has 0 fully saturated rings. The van der Waals surface area contributed by atoms with Gasteiger partial charge in [-0.15, -0.1) is 0 Å². The molecule has 1 aliphatic rings. The van der Waals surface area contributed by atoms with E-state index < -0.39 is 11.1 Å². The number of rotatable bonds is 1. The van der Waals surface area contributed by atoms with Gasteiger partial charge >= 0.3 is 5.97 Å². The molecule has 2 atom stereocenters. The zero-order valence-electron chi connectivity index (χ0n) is 14.6. The molecule has 0 spiro atoms. The number of nitriles is 1. The predicted octanol–water partition coefficient (Wildman–Crippen LogP) is 3.12. The highest BCUT2D eigenvalue weighted by molar-refractivity contribution is 5.88. The Bertz CT molecular complexity index is 850. The van der Waals surface area contributed by atoms with Crippen LogP contribution in [0, 0.1) is 17.2 Å². The fourth-order valence-corrected chi connectivity index (χ4v) is 3.50. The van der Waals surface area contributed by atoms with E-state index in [9.17, 15) is 4.79 Å². The molecular weight excluding hydrogens is 302 g/mol. The third-order valence-corrected chi connectivity index (χ3v) is 4.47. The Morgan fingerprint density at radius 3 is 2.79 bits per heavy atom. The second-order valence-electron chi connectivity index (χ2n) is 7.91. The highest BCUT2D eigenvalue weighted by Crippen LogP contribution is 2.40. The van der Waals surface area contributed by atoms with Crippen molar-refractivity contribution in [1.29, 1.82) is 5.26 Å². The molecule has 0 aliphatic heterocycles. The highest BCUT2D eigenvalue weighted by atomic mass is 16.6. The number of H-pyrrole nitrogens is 1. The van der Waals surface area contributed by atoms with Crippen LogP contribution in [0.4, 0.5) is 0 Å². The Balaban J connectivity index is 2.05. The molecule has 0 radical (unpaired) electrons. The maximum atomic E-state index is 12.6. The topological polar surface area (TPSA) is 91.9 Å². The monoisotopic (exact) mass is 325 g/mol. The summed E-state index contributed by atoms with van der Waals surface area (Å²) >= 11 is 0. The van der Waals surface area contributed by atoms with E-state index in [1.165, 1.54) is 0 Å². The van der Waals surface area contributed by atoms with Gasteiger partial charge in [-0.3, -0.25) is 4.79 Å². The minimum absolute atomic E-state index is 0.212. The zero-order chi connectivity index (χ0) is 17.7. The Morgan fingerprint density at radius 1 is 1.46 bits per heavy atom. The van der Waals surface area contributed by atoms with Crippen LogP contribution in [0.5, 0.6) is 0 Å². The molecule has 5 heteroatoms. The average molecular weight is 325 g/mol. The number of hydrogen-bond donors (Lipinski definition) is 2. The number of nitrogens with zero attached hydrogens (tertiary/aromatic N) is 1. The summed E-state index contributed by atoms with van der Waals surface area (Å²) in [4.78, 5) is 15.9. The van der Waals surface area contributed by atoms with Gasteiger partial charge in [-0.1, -0.05) is 0 Å². The van der Waals surface area contributed by atoms with Crippen molar-refractivity contribution >= 4 is 16.9 Å². The first kappa shape index (κ1) is 16.5. The first-order valence-electron chi connectivity index (χ1n) is 8.17. The van der Waals surface area contributed by atoms with Gasteiger partial charge < -0.3 is 15.5 Å². The number of fused-ring (bicyclic) bond motifs is 3. The predicted molar refractivity (Wildman–Crippen MR) is 92.2 cm³/mol. The summed E-state index contributed by atoms with van der Waals surface area (Å²) in [6.45, 7) is 7.53. The summed E-state index contributed by atoms with van der Waals surface area (Å²) in [5.74, 6) is -0.493. The number of nitrogens with one attached hydrogen (secondary N) is 1. The Hall–Kier alpha value is -2.32. The molecule has 3 rings (SSSR count). The molecule has 3 N–H and O–H groups in total. The lowest BCUT2D eigenvalue weighted by Crippen LogP contribution is -2.43. The molecule has 0 saturated carbocycles. The SMILES string of the molecule is CC(C)(C)OC(=O)C1Cc2c([nH]c3ccc(C#N)cc23)C(C)(N)C1. The summed E-state index contributed by atoms with van der Waals surface area (Å²) in [5.41, 5.74) is 8.87. The summed E-state index contributed by atoms with van der Waals surface area (Å²) in [5, 5.41) is 10.1. The van der Waals surface area contributed by atoms with E-state index >= 15 is 0 Å². The van der Waals surface area contributed by atoms with Gasteiger partial charge in [0.15, 0.2) is 0 Å². The molecule has 0 saturated heterocycles. The van der Waals surface area contributed by atoms with Gasteiger partial charge in [0.05, 0.1) is 23.1 Å². The van der Waals surface area contributed by atoms with Gasteiger partial charge in [-0.05, 0) is 64.3 Å². The number of carbonyl (C=O) groups is 1. The molecule has 1 heterocycles. The van der Waals surface area contributed by atoms with Crippen molar-refractivity contribution in [2.24, 2.45) is 11.7 Å². The zero-order valence-corrected chi connectivity index (χ0v) is 14.6. The molecule has 5 nitrogen and oxygen atoms in total. The van der Waals surface area contributed by atoms with Gasteiger partial charge in [0.2, 0.25) is 0 Å². The van der Waals surface area contributed by atoms with Crippen molar-refractivity contribution in [3.05, 3.63) is 35.0 Å². The largest absolute Gasteiger partial charge is 0.460 e. The molecule has 1 aromatic heterocycles. The maximum absolute atomic E-state index is 12.6. The number of ether oxygens (including phenoxy) is 1. The molecule has 1 aliphatic carbocycles. The van der Waals surface area contributed by atoms with Crippen molar-refractivity contribution in [3.63, 3.8) is 0 Å². The van der Waals surface area contributed by atoms with Crippen LogP contribution in [0.15, 0.2) is 18.2 Å².